The lowest BCUT2D eigenvalue weighted by molar-refractivity contribution is -0.140. The molecule has 304 valence electrons. The van der Waals surface area contributed by atoms with E-state index in [0.717, 1.165) is 61.5 Å². The number of fused-ring (bicyclic) bond motifs is 1. The van der Waals surface area contributed by atoms with Gasteiger partial charge in [0.1, 0.15) is 6.04 Å². The Bertz CT molecular complexity index is 1700. The number of hydrogen-bond donors (Lipinski definition) is 4. The maximum Gasteiger partial charge on any atom is 0.243 e. The molecule has 0 bridgehead atoms. The van der Waals surface area contributed by atoms with E-state index in [1.807, 2.05) is 47.8 Å². The van der Waals surface area contributed by atoms with E-state index in [9.17, 15) is 24.3 Å². The van der Waals surface area contributed by atoms with Crippen molar-refractivity contribution in [1.29, 1.82) is 0 Å². The largest absolute Gasteiger partial charge is 0.390 e. The molecule has 1 saturated carbocycles. The number of carbonyl (C=O) groups excluding carboxylic acids is 4. The first-order chi connectivity index (χ1) is 27.3. The van der Waals surface area contributed by atoms with Crippen molar-refractivity contribution in [3.05, 3.63) is 64.6 Å². The minimum Gasteiger partial charge on any atom is -0.390 e. The summed E-state index contributed by atoms with van der Waals surface area (Å²) in [7, 11) is 0. The van der Waals surface area contributed by atoms with Gasteiger partial charge in [0.25, 0.3) is 0 Å². The molecule has 3 fully saturated rings. The first-order valence-electron chi connectivity index (χ1n) is 20.4. The molecule has 6 rings (SSSR count). The number of aliphatic hydroxyl groups is 1. The third kappa shape index (κ3) is 12.5. The van der Waals surface area contributed by atoms with E-state index in [4.69, 9.17) is 9.47 Å². The van der Waals surface area contributed by atoms with Crippen LogP contribution in [0.2, 0.25) is 0 Å². The van der Waals surface area contributed by atoms with Crippen LogP contribution in [-0.2, 0) is 41.5 Å². The molecule has 14 heteroatoms. The summed E-state index contributed by atoms with van der Waals surface area (Å²) in [5.41, 5.74) is 3.27. The molecule has 4 amide bonds. The highest BCUT2D eigenvalue weighted by Gasteiger charge is 2.34. The lowest BCUT2D eigenvalue weighted by Crippen LogP contribution is -2.55. The fourth-order valence-corrected chi connectivity index (χ4v) is 8.72. The molecule has 2 aliphatic heterocycles. The minimum atomic E-state index is -1.12. The van der Waals surface area contributed by atoms with Gasteiger partial charge in [0, 0.05) is 57.5 Å². The van der Waals surface area contributed by atoms with Crippen LogP contribution in [0.15, 0.2) is 53.4 Å². The van der Waals surface area contributed by atoms with Gasteiger partial charge in [0.05, 0.1) is 62.1 Å². The molecule has 3 aliphatic rings. The Kier molecular flexibility index (Phi) is 16.0. The Morgan fingerprint density at radius 3 is 2.34 bits per heavy atom. The van der Waals surface area contributed by atoms with Gasteiger partial charge in [-0.1, -0.05) is 74.6 Å². The SMILES string of the molecule is O=C(CC(O)C(CC1CCCCC1)NC(=O)C(Cc1cscn1)NC(=O)C(CC(=O)N1CCOCC1)Cc1cccc2ccccc12)NCCN1CCOCC1. The van der Waals surface area contributed by atoms with Crippen molar-refractivity contribution < 1.29 is 33.8 Å². The van der Waals surface area contributed by atoms with E-state index in [-0.39, 0.29) is 31.1 Å². The number of nitrogens with one attached hydrogen (secondary N) is 3. The molecule has 1 aromatic heterocycles. The number of nitrogens with zero attached hydrogens (tertiary/aromatic N) is 3. The topological polar surface area (TPSA) is 162 Å². The van der Waals surface area contributed by atoms with Gasteiger partial charge in [-0.05, 0) is 35.1 Å². The lowest BCUT2D eigenvalue weighted by Gasteiger charge is -2.32. The van der Waals surface area contributed by atoms with Crippen LogP contribution in [0.4, 0.5) is 0 Å². The summed E-state index contributed by atoms with van der Waals surface area (Å²) in [6, 6.07) is 12.2. The van der Waals surface area contributed by atoms with E-state index in [1.54, 1.807) is 10.4 Å². The summed E-state index contributed by atoms with van der Waals surface area (Å²) in [6.45, 7) is 5.98. The Morgan fingerprint density at radius 1 is 0.857 bits per heavy atom. The van der Waals surface area contributed by atoms with Gasteiger partial charge in [0.2, 0.25) is 23.6 Å². The quantitative estimate of drug-likeness (QED) is 0.152. The van der Waals surface area contributed by atoms with Gasteiger partial charge in [0.15, 0.2) is 0 Å². The summed E-state index contributed by atoms with van der Waals surface area (Å²) in [5, 5.41) is 24.5. The second-order valence-electron chi connectivity index (χ2n) is 15.4. The highest BCUT2D eigenvalue weighted by molar-refractivity contribution is 7.07. The van der Waals surface area contributed by atoms with Gasteiger partial charge in [-0.2, -0.15) is 0 Å². The summed E-state index contributed by atoms with van der Waals surface area (Å²) in [5.74, 6) is -1.72. The Morgan fingerprint density at radius 2 is 1.59 bits per heavy atom. The molecule has 1 aliphatic carbocycles. The molecule has 56 heavy (non-hydrogen) atoms. The van der Waals surface area contributed by atoms with Crippen molar-refractivity contribution in [2.45, 2.75) is 82.4 Å². The highest BCUT2D eigenvalue weighted by Crippen LogP contribution is 2.29. The van der Waals surface area contributed by atoms with Gasteiger partial charge < -0.3 is 35.4 Å². The first-order valence-corrected chi connectivity index (χ1v) is 21.3. The third-order valence-electron chi connectivity index (χ3n) is 11.4. The maximum absolute atomic E-state index is 14.4. The van der Waals surface area contributed by atoms with E-state index in [2.05, 4.69) is 25.8 Å². The van der Waals surface area contributed by atoms with Crippen molar-refractivity contribution in [3.8, 4) is 0 Å². The second kappa shape index (κ2) is 21.5. The van der Waals surface area contributed by atoms with E-state index in [1.165, 1.54) is 11.3 Å². The molecular weight excluding hydrogens is 733 g/mol. The predicted molar refractivity (Wildman–Crippen MR) is 215 cm³/mol. The van der Waals surface area contributed by atoms with E-state index in [0.29, 0.717) is 77.1 Å². The second-order valence-corrected chi connectivity index (χ2v) is 16.1. The molecule has 4 atom stereocenters. The molecule has 0 spiro atoms. The maximum atomic E-state index is 14.4. The average molecular weight is 791 g/mol. The van der Waals surface area contributed by atoms with E-state index < -0.39 is 35.9 Å². The minimum absolute atomic E-state index is 0.0240. The molecule has 4 N–H and O–H groups in total. The van der Waals surface area contributed by atoms with Crippen molar-refractivity contribution in [2.24, 2.45) is 11.8 Å². The Labute approximate surface area is 333 Å². The summed E-state index contributed by atoms with van der Waals surface area (Å²) >= 11 is 1.40. The smallest absolute Gasteiger partial charge is 0.243 e. The number of thiazole rings is 1. The van der Waals surface area contributed by atoms with Crippen LogP contribution in [0, 0.1) is 11.8 Å². The first kappa shape index (κ1) is 41.7. The number of benzene rings is 2. The highest BCUT2D eigenvalue weighted by atomic mass is 32.1. The van der Waals surface area contributed by atoms with Crippen molar-refractivity contribution in [1.82, 2.24) is 30.7 Å². The predicted octanol–water partition coefficient (Wildman–Crippen LogP) is 3.09. The third-order valence-corrected chi connectivity index (χ3v) is 12.0. The zero-order valence-electron chi connectivity index (χ0n) is 32.4. The summed E-state index contributed by atoms with van der Waals surface area (Å²) in [6.07, 6.45) is 5.01. The van der Waals surface area contributed by atoms with E-state index >= 15 is 0 Å². The van der Waals surface area contributed by atoms with Crippen molar-refractivity contribution in [3.63, 3.8) is 0 Å². The molecule has 4 unspecified atom stereocenters. The van der Waals surface area contributed by atoms with Gasteiger partial charge >= 0.3 is 0 Å². The van der Waals surface area contributed by atoms with Crippen LogP contribution < -0.4 is 16.0 Å². The molecular formula is C42H58N6O7S. The molecule has 0 radical (unpaired) electrons. The number of aliphatic hydroxyl groups excluding tert-OH is 1. The number of amides is 4. The van der Waals surface area contributed by atoms with Crippen molar-refractivity contribution >= 4 is 45.7 Å². The average Bonchev–Trinajstić information content (AvgIpc) is 3.74. The Hall–Kier alpha value is -3.95. The fraction of sp³-hybridized carbons (Fsp3) is 0.595. The zero-order valence-corrected chi connectivity index (χ0v) is 33.2. The summed E-state index contributed by atoms with van der Waals surface area (Å²) < 4.78 is 10.9. The normalized spacial score (nSPS) is 19.1. The zero-order chi connectivity index (χ0) is 39.1. The van der Waals surface area contributed by atoms with Gasteiger partial charge in [-0.15, -0.1) is 11.3 Å². The van der Waals surface area contributed by atoms with Crippen LogP contribution >= 0.6 is 11.3 Å². The van der Waals surface area contributed by atoms with Crippen LogP contribution in [0.1, 0.15) is 62.6 Å². The standard InChI is InChI=1S/C42H58N6O7S/c49-38(27-39(50)43-13-14-47-15-19-54-20-16-47)36(23-30-7-2-1-3-8-30)45-42(53)37(26-34-28-56-29-44-34)46-41(52)33(25-40(51)48-17-21-55-22-18-48)24-32-11-6-10-31-9-4-5-12-35(31)32/h4-6,9-12,28-30,33,36-38,49H,1-3,7-8,13-27H2,(H,43,50)(H,45,53)(H,46,52). The van der Waals surface area contributed by atoms with Gasteiger partial charge in [-0.3, -0.25) is 24.1 Å². The number of carbonyl (C=O) groups is 4. The summed E-state index contributed by atoms with van der Waals surface area (Å²) in [4.78, 5) is 63.8. The molecule has 2 saturated heterocycles. The fourth-order valence-electron chi connectivity index (χ4n) is 8.15. The number of rotatable bonds is 18. The van der Waals surface area contributed by atoms with Crippen LogP contribution in [-0.4, -0.2) is 127 Å². The van der Waals surface area contributed by atoms with Crippen molar-refractivity contribution in [2.75, 3.05) is 65.7 Å². The number of hydrogen-bond acceptors (Lipinski definition) is 10. The van der Waals surface area contributed by atoms with Crippen LogP contribution in [0.5, 0.6) is 0 Å². The van der Waals surface area contributed by atoms with Crippen LogP contribution in [0.3, 0.4) is 0 Å². The monoisotopic (exact) mass is 790 g/mol. The Balaban J connectivity index is 1.17. The molecule has 2 aromatic carbocycles. The molecule has 3 heterocycles. The lowest BCUT2D eigenvalue weighted by atomic mass is 9.83. The number of aromatic nitrogens is 1. The molecule has 3 aromatic rings. The van der Waals surface area contributed by atoms with Crippen LogP contribution in [0.25, 0.3) is 10.8 Å². The molecule has 13 nitrogen and oxygen atoms in total. The number of ether oxygens (including phenoxy) is 2. The number of morpholine rings is 2. The van der Waals surface area contributed by atoms with Gasteiger partial charge in [-0.25, -0.2) is 4.98 Å².